The highest BCUT2D eigenvalue weighted by molar-refractivity contribution is 7.89. The fraction of sp³-hybridized carbons (Fsp3) is 0.474. The van der Waals surface area contributed by atoms with Crippen LogP contribution < -0.4 is 15.4 Å². The molecule has 0 aliphatic heterocycles. The van der Waals surface area contributed by atoms with Gasteiger partial charge in [0.25, 0.3) is 0 Å². The maximum Gasteiger partial charge on any atom is 0.240 e. The van der Waals surface area contributed by atoms with Crippen LogP contribution >= 0.6 is 11.3 Å². The van der Waals surface area contributed by atoms with Gasteiger partial charge in [-0.05, 0) is 51.8 Å². The lowest BCUT2D eigenvalue weighted by Crippen LogP contribution is -2.41. The van der Waals surface area contributed by atoms with E-state index in [2.05, 4.69) is 25.3 Å². The van der Waals surface area contributed by atoms with E-state index in [1.165, 1.54) is 4.88 Å². The molecule has 1 heterocycles. The van der Waals surface area contributed by atoms with E-state index in [9.17, 15) is 8.42 Å². The highest BCUT2D eigenvalue weighted by Crippen LogP contribution is 2.17. The first-order valence-electron chi connectivity index (χ1n) is 9.25. The standard InChI is InChI=1S/C19H29N5O2S2/c1-6-20-19(22-12-18-24-15(4)16(5)27-18)21-9-10-23-28(25,26)17-11-13(2)7-8-14(17)3/h7-8,11,23H,6,9-10,12H2,1-5H3,(H2,20,21,22). The Hall–Kier alpha value is -1.97. The molecule has 0 saturated heterocycles. The molecule has 28 heavy (non-hydrogen) atoms. The number of aromatic nitrogens is 1. The summed E-state index contributed by atoms with van der Waals surface area (Å²) in [5.74, 6) is 0.638. The van der Waals surface area contributed by atoms with Gasteiger partial charge in [-0.15, -0.1) is 11.3 Å². The van der Waals surface area contributed by atoms with Crippen LogP contribution in [0.3, 0.4) is 0 Å². The van der Waals surface area contributed by atoms with Crippen LogP contribution in [0.1, 0.15) is 33.6 Å². The minimum atomic E-state index is -3.54. The average molecular weight is 424 g/mol. The Morgan fingerprint density at radius 1 is 1.14 bits per heavy atom. The highest BCUT2D eigenvalue weighted by Gasteiger charge is 2.16. The Bertz CT molecular complexity index is 916. The van der Waals surface area contributed by atoms with Gasteiger partial charge in [-0.1, -0.05) is 12.1 Å². The molecule has 0 amide bonds. The summed E-state index contributed by atoms with van der Waals surface area (Å²) >= 11 is 1.64. The van der Waals surface area contributed by atoms with Crippen molar-refractivity contribution < 1.29 is 8.42 Å². The normalized spacial score (nSPS) is 12.2. The van der Waals surface area contributed by atoms with Crippen LogP contribution in [0.5, 0.6) is 0 Å². The van der Waals surface area contributed by atoms with Gasteiger partial charge in [-0.3, -0.25) is 0 Å². The molecule has 154 valence electrons. The van der Waals surface area contributed by atoms with Crippen LogP contribution in [0.4, 0.5) is 0 Å². The fourth-order valence-corrected chi connectivity index (χ4v) is 4.75. The van der Waals surface area contributed by atoms with Crippen molar-refractivity contribution >= 4 is 27.3 Å². The third kappa shape index (κ3) is 6.29. The van der Waals surface area contributed by atoms with E-state index in [0.29, 0.717) is 23.9 Å². The van der Waals surface area contributed by atoms with E-state index in [1.54, 1.807) is 24.3 Å². The molecular weight excluding hydrogens is 394 g/mol. The van der Waals surface area contributed by atoms with Gasteiger partial charge in [0.2, 0.25) is 10.0 Å². The van der Waals surface area contributed by atoms with Gasteiger partial charge in [0, 0.05) is 24.5 Å². The smallest absolute Gasteiger partial charge is 0.240 e. The minimum Gasteiger partial charge on any atom is -0.357 e. The van der Waals surface area contributed by atoms with Gasteiger partial charge < -0.3 is 10.6 Å². The maximum absolute atomic E-state index is 12.5. The van der Waals surface area contributed by atoms with Gasteiger partial charge in [0.05, 0.1) is 17.1 Å². The molecular formula is C19H29N5O2S2. The van der Waals surface area contributed by atoms with Crippen LogP contribution in [0, 0.1) is 27.7 Å². The van der Waals surface area contributed by atoms with Gasteiger partial charge >= 0.3 is 0 Å². The van der Waals surface area contributed by atoms with E-state index in [4.69, 9.17) is 0 Å². The summed E-state index contributed by atoms with van der Waals surface area (Å²) in [7, 11) is -3.54. The topological polar surface area (TPSA) is 95.5 Å². The van der Waals surface area contributed by atoms with Crippen molar-refractivity contribution in [1.82, 2.24) is 20.3 Å². The lowest BCUT2D eigenvalue weighted by atomic mass is 10.2. The summed E-state index contributed by atoms with van der Waals surface area (Å²) in [6.07, 6.45) is 0. The molecule has 2 rings (SSSR count). The molecule has 2 aromatic rings. The molecule has 0 atom stereocenters. The number of nitrogens with one attached hydrogen (secondary N) is 3. The number of nitrogens with zero attached hydrogens (tertiary/aromatic N) is 2. The third-order valence-corrected chi connectivity index (χ3v) is 6.79. The fourth-order valence-electron chi connectivity index (χ4n) is 2.54. The van der Waals surface area contributed by atoms with Crippen molar-refractivity contribution in [3.05, 3.63) is 44.9 Å². The Labute approximate surface area is 171 Å². The van der Waals surface area contributed by atoms with Gasteiger partial charge in [-0.2, -0.15) is 0 Å². The summed E-state index contributed by atoms with van der Waals surface area (Å²) in [4.78, 5) is 10.5. The second-order valence-electron chi connectivity index (χ2n) is 6.54. The average Bonchev–Trinajstić information content (AvgIpc) is 2.96. The van der Waals surface area contributed by atoms with E-state index in [-0.39, 0.29) is 6.54 Å². The number of sulfonamides is 1. The summed E-state index contributed by atoms with van der Waals surface area (Å²) in [6, 6.07) is 5.41. The van der Waals surface area contributed by atoms with Crippen molar-refractivity contribution in [2.45, 2.75) is 46.1 Å². The number of hydrogen-bond acceptors (Lipinski definition) is 5. The van der Waals surface area contributed by atoms with Crippen molar-refractivity contribution in [2.24, 2.45) is 4.99 Å². The third-order valence-electron chi connectivity index (χ3n) is 4.13. The second-order valence-corrected chi connectivity index (χ2v) is 9.56. The minimum absolute atomic E-state index is 0.260. The maximum atomic E-state index is 12.5. The van der Waals surface area contributed by atoms with Crippen LogP contribution in [-0.2, 0) is 16.6 Å². The zero-order chi connectivity index (χ0) is 20.7. The van der Waals surface area contributed by atoms with Gasteiger partial charge in [-0.25, -0.2) is 23.1 Å². The van der Waals surface area contributed by atoms with Crippen LogP contribution in [0.25, 0.3) is 0 Å². The second kappa shape index (κ2) is 9.99. The predicted octanol–water partition coefficient (Wildman–Crippen LogP) is 2.41. The lowest BCUT2D eigenvalue weighted by molar-refractivity contribution is 0.580. The van der Waals surface area contributed by atoms with Crippen LogP contribution in [-0.4, -0.2) is 39.0 Å². The van der Waals surface area contributed by atoms with Crippen molar-refractivity contribution in [1.29, 1.82) is 0 Å². The number of aryl methyl sites for hydroxylation is 4. The summed E-state index contributed by atoms with van der Waals surface area (Å²) in [5, 5.41) is 7.27. The highest BCUT2D eigenvalue weighted by atomic mass is 32.2. The molecule has 0 saturated carbocycles. The molecule has 0 bridgehead atoms. The number of aliphatic imine (C=N–C) groups is 1. The van der Waals surface area contributed by atoms with Crippen molar-refractivity contribution in [3.63, 3.8) is 0 Å². The molecule has 0 aliphatic rings. The van der Waals surface area contributed by atoms with E-state index in [1.807, 2.05) is 39.8 Å². The first kappa shape index (κ1) is 22.3. The number of thiazole rings is 1. The summed E-state index contributed by atoms with van der Waals surface area (Å²) in [6.45, 7) is 11.6. The quantitative estimate of drug-likeness (QED) is 0.344. The number of hydrogen-bond donors (Lipinski definition) is 3. The number of guanidine groups is 1. The zero-order valence-corrected chi connectivity index (χ0v) is 18.7. The monoisotopic (exact) mass is 423 g/mol. The van der Waals surface area contributed by atoms with Crippen LogP contribution in [0.15, 0.2) is 28.1 Å². The van der Waals surface area contributed by atoms with E-state index >= 15 is 0 Å². The molecule has 1 aromatic heterocycles. The first-order valence-corrected chi connectivity index (χ1v) is 11.5. The van der Waals surface area contributed by atoms with E-state index < -0.39 is 10.0 Å². The molecule has 9 heteroatoms. The molecule has 1 aromatic carbocycles. The summed E-state index contributed by atoms with van der Waals surface area (Å²) in [5.41, 5.74) is 2.68. The number of rotatable bonds is 8. The molecule has 3 N–H and O–H groups in total. The molecule has 0 radical (unpaired) electrons. The Kier molecular flexibility index (Phi) is 7.97. The van der Waals surface area contributed by atoms with Gasteiger partial charge in [0.15, 0.2) is 5.96 Å². The first-order chi connectivity index (χ1) is 13.2. The Morgan fingerprint density at radius 3 is 2.54 bits per heavy atom. The number of benzene rings is 1. The zero-order valence-electron chi connectivity index (χ0n) is 17.1. The van der Waals surface area contributed by atoms with Crippen LogP contribution in [0.2, 0.25) is 0 Å². The molecule has 0 fully saturated rings. The summed E-state index contributed by atoms with van der Waals surface area (Å²) < 4.78 is 27.7. The predicted molar refractivity (Wildman–Crippen MR) is 116 cm³/mol. The SMILES string of the molecule is CCNC(=NCc1nc(C)c(C)s1)NCCNS(=O)(=O)c1cc(C)ccc1C. The van der Waals surface area contributed by atoms with Crippen molar-refractivity contribution in [3.8, 4) is 0 Å². The molecule has 0 spiro atoms. The largest absolute Gasteiger partial charge is 0.357 e. The van der Waals surface area contributed by atoms with Gasteiger partial charge in [0.1, 0.15) is 5.01 Å². The Morgan fingerprint density at radius 2 is 1.89 bits per heavy atom. The molecule has 0 unspecified atom stereocenters. The molecule has 0 aliphatic carbocycles. The molecule has 7 nitrogen and oxygen atoms in total. The Balaban J connectivity index is 1.91. The lowest BCUT2D eigenvalue weighted by Gasteiger charge is -2.13. The van der Waals surface area contributed by atoms with Crippen molar-refractivity contribution in [2.75, 3.05) is 19.6 Å². The van der Waals surface area contributed by atoms with E-state index in [0.717, 1.165) is 28.4 Å².